The average Bonchev–Trinajstić information content (AvgIpc) is 2.53. The van der Waals surface area contributed by atoms with Crippen LogP contribution in [-0.2, 0) is 0 Å². The molecule has 7 heteroatoms. The monoisotopic (exact) mass is 370 g/mol. The highest BCUT2D eigenvalue weighted by Crippen LogP contribution is 2.20. The second kappa shape index (κ2) is 7.46. The van der Waals surface area contributed by atoms with Crippen molar-refractivity contribution in [3.8, 4) is 0 Å². The second-order valence-corrected chi connectivity index (χ2v) is 11.3. The van der Waals surface area contributed by atoms with E-state index in [2.05, 4.69) is 23.4 Å². The lowest BCUT2D eigenvalue weighted by atomic mass is 10.2. The molecule has 0 unspecified atom stereocenters. The first-order valence-corrected chi connectivity index (χ1v) is 11.1. The van der Waals surface area contributed by atoms with Gasteiger partial charge in [-0.3, -0.25) is 4.98 Å². The second-order valence-electron chi connectivity index (χ2n) is 5.78. The number of halogens is 3. The third-order valence-electron chi connectivity index (χ3n) is 3.58. The van der Waals surface area contributed by atoms with Crippen molar-refractivity contribution in [3.05, 3.63) is 58.9 Å². The molecule has 2 aromatic rings. The minimum atomic E-state index is -2.65. The first kappa shape index (κ1) is 18.0. The van der Waals surface area contributed by atoms with Gasteiger partial charge in [-0.15, -0.1) is 0 Å². The summed E-state index contributed by atoms with van der Waals surface area (Å²) in [6.07, 6.45) is -0.705. The molecular weight excluding hydrogens is 354 g/mol. The molecule has 122 valence electrons. The van der Waals surface area contributed by atoms with E-state index in [1.54, 1.807) is 12.1 Å². The molecule has 0 amide bonds. The normalized spacial score (nSPS) is 11.6. The Balaban J connectivity index is 2.15. The Morgan fingerprint density at radius 3 is 2.61 bits per heavy atom. The average molecular weight is 371 g/mol. The largest absolute Gasteiger partial charge is 0.378 e. The molecule has 1 N–H and O–H groups in total. The van der Waals surface area contributed by atoms with Gasteiger partial charge in [0, 0.05) is 23.0 Å². The van der Waals surface area contributed by atoms with Crippen molar-refractivity contribution in [1.82, 2.24) is 10.3 Å². The van der Waals surface area contributed by atoms with E-state index in [0.29, 0.717) is 11.2 Å². The number of hydrogen-bond acceptors (Lipinski definition) is 2. The van der Waals surface area contributed by atoms with Crippen LogP contribution in [0.3, 0.4) is 0 Å². The molecule has 0 bridgehead atoms. The van der Waals surface area contributed by atoms with E-state index in [4.69, 9.17) is 23.8 Å². The van der Waals surface area contributed by atoms with Crippen molar-refractivity contribution in [3.63, 3.8) is 0 Å². The molecule has 0 aliphatic heterocycles. The van der Waals surface area contributed by atoms with Gasteiger partial charge in [-0.1, -0.05) is 55.1 Å². The minimum Gasteiger partial charge on any atom is -0.378 e. The third kappa shape index (κ3) is 4.34. The minimum absolute atomic E-state index is 0.279. The van der Waals surface area contributed by atoms with Gasteiger partial charge in [-0.2, -0.15) is 0 Å². The molecule has 0 aliphatic rings. The van der Waals surface area contributed by atoms with Gasteiger partial charge < -0.3 is 5.32 Å². The van der Waals surface area contributed by atoms with E-state index in [9.17, 15) is 8.78 Å². The van der Waals surface area contributed by atoms with E-state index in [1.165, 1.54) is 6.20 Å². The molecule has 1 heterocycles. The first-order chi connectivity index (χ1) is 10.8. The van der Waals surface area contributed by atoms with Crippen molar-refractivity contribution >= 4 is 42.1 Å². The molecule has 0 radical (unpaired) electrons. The van der Waals surface area contributed by atoms with Crippen molar-refractivity contribution < 1.29 is 8.78 Å². The van der Waals surface area contributed by atoms with Crippen LogP contribution in [0.15, 0.2) is 42.6 Å². The zero-order valence-electron chi connectivity index (χ0n) is 12.8. The predicted molar refractivity (Wildman–Crippen MR) is 97.5 cm³/mol. The molecule has 0 fully saturated rings. The SMILES string of the molecule is C[Si](C)(CNC(=S)c1cccnc1C(F)F)c1ccccc1Cl. The molecular formula is C16H17ClF2N2SSi. The maximum absolute atomic E-state index is 13.0. The molecule has 2 nitrogen and oxygen atoms in total. The highest BCUT2D eigenvalue weighted by atomic mass is 35.5. The Hall–Kier alpha value is -1.37. The maximum atomic E-state index is 13.0. The molecule has 0 atom stereocenters. The summed E-state index contributed by atoms with van der Waals surface area (Å²) in [5.74, 6) is 0. The van der Waals surface area contributed by atoms with E-state index >= 15 is 0 Å². The molecule has 0 aliphatic carbocycles. The fourth-order valence-corrected chi connectivity index (χ4v) is 5.65. The van der Waals surface area contributed by atoms with Crippen LogP contribution in [-0.4, -0.2) is 24.2 Å². The Bertz CT molecular complexity index is 710. The highest BCUT2D eigenvalue weighted by Gasteiger charge is 2.26. The van der Waals surface area contributed by atoms with Gasteiger partial charge in [-0.25, -0.2) is 8.78 Å². The predicted octanol–water partition coefficient (Wildman–Crippen LogP) is 4.09. The van der Waals surface area contributed by atoms with Gasteiger partial charge in [-0.05, 0) is 23.4 Å². The maximum Gasteiger partial charge on any atom is 0.281 e. The topological polar surface area (TPSA) is 24.9 Å². The Morgan fingerprint density at radius 1 is 1.26 bits per heavy atom. The lowest BCUT2D eigenvalue weighted by Gasteiger charge is -2.25. The summed E-state index contributed by atoms with van der Waals surface area (Å²) in [6.45, 7) is 4.31. The standard InChI is InChI=1S/C16H17ClF2N2SSi/c1-23(2,13-8-4-3-7-12(13)17)10-21-16(22)11-6-5-9-20-14(11)15(18)19/h3-9,15H,10H2,1-2H3,(H,21,22). The number of hydrogen-bond donors (Lipinski definition) is 1. The van der Waals surface area contributed by atoms with Crippen LogP contribution in [0.5, 0.6) is 0 Å². The number of thiocarbonyl (C=S) groups is 1. The first-order valence-electron chi connectivity index (χ1n) is 7.09. The van der Waals surface area contributed by atoms with Crippen LogP contribution >= 0.6 is 23.8 Å². The van der Waals surface area contributed by atoms with Gasteiger partial charge in [0.05, 0.1) is 0 Å². The number of rotatable bonds is 5. The number of aromatic nitrogens is 1. The van der Waals surface area contributed by atoms with Crippen LogP contribution in [0.2, 0.25) is 18.1 Å². The summed E-state index contributed by atoms with van der Waals surface area (Å²) < 4.78 is 26.0. The summed E-state index contributed by atoms with van der Waals surface area (Å²) >= 11 is 11.6. The van der Waals surface area contributed by atoms with E-state index < -0.39 is 14.5 Å². The lowest BCUT2D eigenvalue weighted by Crippen LogP contribution is -2.52. The summed E-state index contributed by atoms with van der Waals surface area (Å²) in [5, 5.41) is 4.96. The number of nitrogens with zero attached hydrogens (tertiary/aromatic N) is 1. The summed E-state index contributed by atoms with van der Waals surface area (Å²) in [7, 11) is -1.90. The van der Waals surface area contributed by atoms with Gasteiger partial charge >= 0.3 is 0 Å². The van der Waals surface area contributed by atoms with Gasteiger partial charge in [0.15, 0.2) is 0 Å². The quantitative estimate of drug-likeness (QED) is 0.633. The molecule has 1 aromatic heterocycles. The molecule has 2 rings (SSSR count). The Labute approximate surface area is 145 Å². The van der Waals surface area contributed by atoms with Crippen molar-refractivity contribution in [1.29, 1.82) is 0 Å². The van der Waals surface area contributed by atoms with Crippen molar-refractivity contribution in [2.75, 3.05) is 6.17 Å². The van der Waals surface area contributed by atoms with Crippen molar-refractivity contribution in [2.45, 2.75) is 19.5 Å². The fraction of sp³-hybridized carbons (Fsp3) is 0.250. The Kier molecular flexibility index (Phi) is 5.83. The van der Waals surface area contributed by atoms with Gasteiger partial charge in [0.25, 0.3) is 6.43 Å². The summed E-state index contributed by atoms with van der Waals surface area (Å²) in [4.78, 5) is 4.02. The zero-order chi connectivity index (χ0) is 17.0. The number of nitrogens with one attached hydrogen (secondary N) is 1. The summed E-state index contributed by atoms with van der Waals surface area (Å²) in [5.41, 5.74) is -0.0105. The van der Waals surface area contributed by atoms with Crippen LogP contribution in [0.4, 0.5) is 8.78 Å². The lowest BCUT2D eigenvalue weighted by molar-refractivity contribution is 0.146. The fourth-order valence-electron chi connectivity index (χ4n) is 2.29. The van der Waals surface area contributed by atoms with Gasteiger partial charge in [0.1, 0.15) is 18.8 Å². The zero-order valence-corrected chi connectivity index (χ0v) is 15.4. The summed E-state index contributed by atoms with van der Waals surface area (Å²) in [6, 6.07) is 10.9. The highest BCUT2D eigenvalue weighted by molar-refractivity contribution is 7.80. The Morgan fingerprint density at radius 2 is 1.96 bits per heavy atom. The van der Waals surface area contributed by atoms with E-state index in [0.717, 1.165) is 10.2 Å². The number of alkyl halides is 2. The van der Waals surface area contributed by atoms with Crippen LogP contribution in [0.25, 0.3) is 0 Å². The van der Waals surface area contributed by atoms with Crippen LogP contribution in [0, 0.1) is 0 Å². The van der Waals surface area contributed by atoms with E-state index in [-0.39, 0.29) is 11.3 Å². The number of benzene rings is 1. The van der Waals surface area contributed by atoms with Crippen LogP contribution < -0.4 is 10.5 Å². The van der Waals surface area contributed by atoms with Gasteiger partial charge in [0.2, 0.25) is 0 Å². The molecule has 0 spiro atoms. The molecule has 0 saturated heterocycles. The van der Waals surface area contributed by atoms with Crippen LogP contribution in [0.1, 0.15) is 17.7 Å². The molecule has 23 heavy (non-hydrogen) atoms. The number of pyridine rings is 1. The van der Waals surface area contributed by atoms with Crippen molar-refractivity contribution in [2.24, 2.45) is 0 Å². The smallest absolute Gasteiger partial charge is 0.281 e. The molecule has 0 saturated carbocycles. The van der Waals surface area contributed by atoms with E-state index in [1.807, 2.05) is 24.3 Å². The third-order valence-corrected chi connectivity index (χ3v) is 7.39. The molecule has 1 aromatic carbocycles.